The van der Waals surface area contributed by atoms with Crippen LogP contribution in [0.3, 0.4) is 0 Å². The van der Waals surface area contributed by atoms with E-state index >= 15 is 0 Å². The maximum atomic E-state index is 5.98. The lowest BCUT2D eigenvalue weighted by molar-refractivity contribution is 0.395. The molecule has 4 heteroatoms. The third-order valence-electron chi connectivity index (χ3n) is 4.65. The van der Waals surface area contributed by atoms with E-state index in [0.717, 1.165) is 19.4 Å². The van der Waals surface area contributed by atoms with Crippen molar-refractivity contribution in [2.24, 2.45) is 5.73 Å². The minimum Gasteiger partial charge on any atom is -0.349 e. The zero-order chi connectivity index (χ0) is 13.2. The quantitative estimate of drug-likeness (QED) is 0.884. The topological polar surface area (TPSA) is 55.0 Å². The van der Waals surface area contributed by atoms with Crippen molar-refractivity contribution in [3.63, 3.8) is 0 Å². The zero-order valence-electron chi connectivity index (χ0n) is 11.8. The van der Waals surface area contributed by atoms with Crippen LogP contribution < -0.4 is 10.6 Å². The summed E-state index contributed by atoms with van der Waals surface area (Å²) in [5.74, 6) is 1.17. The molecule has 0 bridgehead atoms. The van der Waals surface area contributed by atoms with E-state index in [9.17, 15) is 0 Å². The zero-order valence-corrected chi connectivity index (χ0v) is 11.8. The Balaban J connectivity index is 1.99. The molecule has 0 saturated carbocycles. The SMILES string of the molecule is CC1CCCC(CN)N1c1ncnc2c1CCCC2. The summed E-state index contributed by atoms with van der Waals surface area (Å²) in [6.07, 6.45) is 10.2. The first-order chi connectivity index (χ1) is 9.31. The summed E-state index contributed by atoms with van der Waals surface area (Å²) >= 11 is 0. The van der Waals surface area contributed by atoms with Crippen LogP contribution in [0.4, 0.5) is 5.82 Å². The van der Waals surface area contributed by atoms with Gasteiger partial charge < -0.3 is 10.6 Å². The highest BCUT2D eigenvalue weighted by molar-refractivity contribution is 5.51. The average molecular weight is 260 g/mol. The van der Waals surface area contributed by atoms with Gasteiger partial charge in [-0.15, -0.1) is 0 Å². The van der Waals surface area contributed by atoms with Crippen LogP contribution in [0.1, 0.15) is 50.3 Å². The summed E-state index contributed by atoms with van der Waals surface area (Å²) < 4.78 is 0. The van der Waals surface area contributed by atoms with Crippen molar-refractivity contribution in [2.45, 2.75) is 64.0 Å². The monoisotopic (exact) mass is 260 g/mol. The number of hydrogen-bond acceptors (Lipinski definition) is 4. The van der Waals surface area contributed by atoms with Gasteiger partial charge in [-0.1, -0.05) is 0 Å². The highest BCUT2D eigenvalue weighted by Crippen LogP contribution is 2.33. The molecule has 3 rings (SSSR count). The average Bonchev–Trinajstić information content (AvgIpc) is 2.46. The van der Waals surface area contributed by atoms with Gasteiger partial charge in [0, 0.05) is 29.9 Å². The Morgan fingerprint density at radius 1 is 1.21 bits per heavy atom. The summed E-state index contributed by atoms with van der Waals surface area (Å²) in [5.41, 5.74) is 8.64. The van der Waals surface area contributed by atoms with Crippen molar-refractivity contribution >= 4 is 5.82 Å². The number of aryl methyl sites for hydroxylation is 1. The van der Waals surface area contributed by atoms with Crippen LogP contribution in [-0.4, -0.2) is 28.6 Å². The van der Waals surface area contributed by atoms with Crippen LogP contribution in [0.25, 0.3) is 0 Å². The molecule has 0 spiro atoms. The molecular weight excluding hydrogens is 236 g/mol. The first-order valence-corrected chi connectivity index (χ1v) is 7.62. The molecule has 1 fully saturated rings. The summed E-state index contributed by atoms with van der Waals surface area (Å²) in [6.45, 7) is 3.03. The van der Waals surface area contributed by atoms with Crippen molar-refractivity contribution in [2.75, 3.05) is 11.4 Å². The molecule has 19 heavy (non-hydrogen) atoms. The molecule has 2 N–H and O–H groups in total. The Bertz CT molecular complexity index is 446. The predicted molar refractivity (Wildman–Crippen MR) is 77.3 cm³/mol. The van der Waals surface area contributed by atoms with Crippen LogP contribution in [0.15, 0.2) is 6.33 Å². The first-order valence-electron chi connectivity index (χ1n) is 7.62. The molecule has 4 nitrogen and oxygen atoms in total. The number of hydrogen-bond donors (Lipinski definition) is 1. The minimum absolute atomic E-state index is 0.449. The van der Waals surface area contributed by atoms with E-state index in [-0.39, 0.29) is 0 Å². The summed E-state index contributed by atoms with van der Waals surface area (Å²) in [6, 6.07) is 0.993. The number of nitrogens with zero attached hydrogens (tertiary/aromatic N) is 3. The van der Waals surface area contributed by atoms with Gasteiger partial charge in [0.05, 0.1) is 0 Å². The van der Waals surface area contributed by atoms with Crippen molar-refractivity contribution in [1.82, 2.24) is 9.97 Å². The Morgan fingerprint density at radius 2 is 2.05 bits per heavy atom. The van der Waals surface area contributed by atoms with Crippen molar-refractivity contribution in [3.8, 4) is 0 Å². The fourth-order valence-electron chi connectivity index (χ4n) is 3.63. The highest BCUT2D eigenvalue weighted by Gasteiger charge is 2.30. The Hall–Kier alpha value is -1.16. The number of fused-ring (bicyclic) bond motifs is 1. The molecule has 2 unspecified atom stereocenters. The highest BCUT2D eigenvalue weighted by atomic mass is 15.3. The summed E-state index contributed by atoms with van der Waals surface area (Å²) in [7, 11) is 0. The van der Waals surface area contributed by atoms with Crippen LogP contribution in [0, 0.1) is 0 Å². The smallest absolute Gasteiger partial charge is 0.135 e. The molecule has 2 aliphatic rings. The lowest BCUT2D eigenvalue weighted by Gasteiger charge is -2.42. The van der Waals surface area contributed by atoms with E-state index in [4.69, 9.17) is 5.73 Å². The molecule has 104 valence electrons. The molecule has 2 atom stereocenters. The Labute approximate surface area is 115 Å². The summed E-state index contributed by atoms with van der Waals surface area (Å²) in [5, 5.41) is 0. The van der Waals surface area contributed by atoms with Gasteiger partial charge in [0.25, 0.3) is 0 Å². The minimum atomic E-state index is 0.449. The maximum absolute atomic E-state index is 5.98. The van der Waals surface area contributed by atoms with Crippen LogP contribution in [0.2, 0.25) is 0 Å². The Kier molecular flexibility index (Phi) is 3.69. The van der Waals surface area contributed by atoms with Crippen molar-refractivity contribution in [3.05, 3.63) is 17.6 Å². The normalized spacial score (nSPS) is 27.2. The lowest BCUT2D eigenvalue weighted by atomic mass is 9.92. The standard InChI is InChI=1S/C15H24N4/c1-11-5-4-6-12(9-16)19(11)15-13-7-2-3-8-14(13)17-10-18-15/h10-12H,2-9,16H2,1H3. The van der Waals surface area contributed by atoms with Crippen LogP contribution >= 0.6 is 0 Å². The van der Waals surface area contributed by atoms with Gasteiger partial charge in [0.2, 0.25) is 0 Å². The number of piperidine rings is 1. The second-order valence-electron chi connectivity index (χ2n) is 5.91. The van der Waals surface area contributed by atoms with E-state index in [1.807, 2.05) is 0 Å². The second-order valence-corrected chi connectivity index (χ2v) is 5.91. The molecule has 0 amide bonds. The number of anilines is 1. The van der Waals surface area contributed by atoms with Gasteiger partial charge in [0.1, 0.15) is 12.1 Å². The first kappa shape index (κ1) is 12.9. The molecule has 0 radical (unpaired) electrons. The molecule has 1 aromatic rings. The Morgan fingerprint density at radius 3 is 2.89 bits per heavy atom. The predicted octanol–water partition coefficient (Wildman–Crippen LogP) is 2.06. The number of nitrogens with two attached hydrogens (primary N) is 1. The van der Waals surface area contributed by atoms with Gasteiger partial charge in [-0.3, -0.25) is 0 Å². The van der Waals surface area contributed by atoms with E-state index in [1.165, 1.54) is 49.2 Å². The van der Waals surface area contributed by atoms with Gasteiger partial charge in [-0.05, 0) is 51.9 Å². The number of rotatable bonds is 2. The molecule has 1 aromatic heterocycles. The molecular formula is C15H24N4. The largest absolute Gasteiger partial charge is 0.349 e. The molecule has 1 aliphatic carbocycles. The summed E-state index contributed by atoms with van der Waals surface area (Å²) in [4.78, 5) is 11.6. The number of aromatic nitrogens is 2. The third kappa shape index (κ3) is 2.34. The van der Waals surface area contributed by atoms with Crippen LogP contribution in [-0.2, 0) is 12.8 Å². The van der Waals surface area contributed by atoms with Gasteiger partial charge in [-0.2, -0.15) is 0 Å². The van der Waals surface area contributed by atoms with E-state index < -0.39 is 0 Å². The third-order valence-corrected chi connectivity index (χ3v) is 4.65. The second kappa shape index (κ2) is 5.45. The maximum Gasteiger partial charge on any atom is 0.135 e. The fourth-order valence-corrected chi connectivity index (χ4v) is 3.63. The van der Waals surface area contributed by atoms with Gasteiger partial charge >= 0.3 is 0 Å². The van der Waals surface area contributed by atoms with Crippen molar-refractivity contribution < 1.29 is 0 Å². The van der Waals surface area contributed by atoms with Crippen LogP contribution in [0.5, 0.6) is 0 Å². The van der Waals surface area contributed by atoms with Gasteiger partial charge in [0.15, 0.2) is 0 Å². The van der Waals surface area contributed by atoms with E-state index in [1.54, 1.807) is 6.33 Å². The van der Waals surface area contributed by atoms with E-state index in [2.05, 4.69) is 21.8 Å². The lowest BCUT2D eigenvalue weighted by Crippen LogP contribution is -2.50. The van der Waals surface area contributed by atoms with E-state index in [0.29, 0.717) is 12.1 Å². The molecule has 1 saturated heterocycles. The molecule has 1 aliphatic heterocycles. The molecule has 2 heterocycles. The van der Waals surface area contributed by atoms with Crippen molar-refractivity contribution in [1.29, 1.82) is 0 Å². The van der Waals surface area contributed by atoms with Gasteiger partial charge in [-0.25, -0.2) is 9.97 Å². The molecule has 0 aromatic carbocycles. The fraction of sp³-hybridized carbons (Fsp3) is 0.733.